The number of carbonyl (C=O) groups excluding carboxylic acids is 4. The number of nitrogens with zero attached hydrogens (tertiary/aromatic N) is 1. The van der Waals surface area contributed by atoms with Gasteiger partial charge in [0.05, 0.1) is 17.4 Å². The van der Waals surface area contributed by atoms with Crippen LogP contribution in [0.4, 0.5) is 0 Å². The molecule has 2 aliphatic rings. The first-order chi connectivity index (χ1) is 14.4. The number of phenolic OH excluding ortho intramolecular Hbond substituents is 1. The fourth-order valence-corrected chi connectivity index (χ4v) is 5.36. The van der Waals surface area contributed by atoms with Crippen LogP contribution in [-0.2, 0) is 33.8 Å². The van der Waals surface area contributed by atoms with E-state index in [-0.39, 0.29) is 68.3 Å². The van der Waals surface area contributed by atoms with Crippen molar-refractivity contribution < 1.29 is 99.0 Å². The van der Waals surface area contributed by atoms with Crippen molar-refractivity contribution in [1.29, 1.82) is 0 Å². The van der Waals surface area contributed by atoms with Crippen molar-refractivity contribution in [1.82, 2.24) is 10.2 Å². The molecule has 0 radical (unpaired) electrons. The molecule has 3 N–H and O–H groups in total. The van der Waals surface area contributed by atoms with Crippen molar-refractivity contribution in [3.8, 4) is 5.75 Å². The topological polar surface area (TPSA) is 190 Å². The number of β-lactam (4-membered cyclic amide) rings is 1. The largest absolute Gasteiger partial charge is 1.00 e. The molecule has 1 aromatic rings. The van der Waals surface area contributed by atoms with Gasteiger partial charge in [-0.1, -0.05) is 12.1 Å². The van der Waals surface area contributed by atoms with Crippen molar-refractivity contribution in [3.05, 3.63) is 41.1 Å². The number of aliphatic hydroxyl groups excluding tert-OH is 1. The van der Waals surface area contributed by atoms with Gasteiger partial charge in [0.1, 0.15) is 18.4 Å². The third-order valence-corrected chi connectivity index (χ3v) is 6.73. The molecule has 2 heterocycles. The van der Waals surface area contributed by atoms with E-state index in [2.05, 4.69) is 10.1 Å². The number of hydrogen-bond acceptors (Lipinski definition) is 10. The Balaban J connectivity index is 0.00000363. The number of fused-ring (bicyclic) bond motifs is 1. The molecule has 0 aromatic heterocycles. The summed E-state index contributed by atoms with van der Waals surface area (Å²) in [6.07, 6.45) is -1.77. The molecule has 0 aliphatic carbocycles. The van der Waals surface area contributed by atoms with E-state index in [1.807, 2.05) is 0 Å². The van der Waals surface area contributed by atoms with Crippen LogP contribution < -0.4 is 61.8 Å². The molecule has 32 heavy (non-hydrogen) atoms. The van der Waals surface area contributed by atoms with Crippen LogP contribution in [-0.4, -0.2) is 71.1 Å². The van der Waals surface area contributed by atoms with E-state index in [1.54, 1.807) is 0 Å². The third kappa shape index (κ3) is 5.06. The Morgan fingerprint density at radius 3 is 2.41 bits per heavy atom. The quantitative estimate of drug-likeness (QED) is 0.196. The van der Waals surface area contributed by atoms with Gasteiger partial charge in [-0.25, -0.2) is 8.42 Å². The van der Waals surface area contributed by atoms with Gasteiger partial charge in [0.25, 0.3) is 11.8 Å². The number of nitrogens with one attached hydrogen (secondary N) is 1. The Hall–Kier alpha value is -1.81. The predicted molar refractivity (Wildman–Crippen MR) is 98.1 cm³/mol. The number of sulfone groups is 1. The Morgan fingerprint density at radius 1 is 1.28 bits per heavy atom. The van der Waals surface area contributed by atoms with E-state index in [0.717, 1.165) is 6.92 Å². The van der Waals surface area contributed by atoms with Gasteiger partial charge in [0, 0.05) is 12.5 Å². The smallest absolute Gasteiger partial charge is 0.543 e. The summed E-state index contributed by atoms with van der Waals surface area (Å²) in [5.41, 5.74) is -1.01. The third-order valence-electron chi connectivity index (χ3n) is 4.76. The van der Waals surface area contributed by atoms with Gasteiger partial charge < -0.3 is 30.2 Å². The zero-order valence-electron chi connectivity index (χ0n) is 17.0. The van der Waals surface area contributed by atoms with Gasteiger partial charge in [-0.2, -0.15) is 0 Å². The second-order valence-electron chi connectivity index (χ2n) is 6.91. The molecule has 0 saturated carbocycles. The average Bonchev–Trinajstić information content (AvgIpc) is 2.69. The van der Waals surface area contributed by atoms with Gasteiger partial charge >= 0.3 is 57.4 Å². The number of benzene rings is 1. The standard InChI is InChI=1S/C18H18N2O10S.K/c1-8(21)30-6-10-7-31(28,29)17-12(16(25)20(17)13(10)18(26)27)19-15(24)14(23)9-2-4-11(22)5-3-9;/h2-5,12,14,17,22-23H,6-7H2,1H3,(H,19,24)(H,26,27);/q;+1/p-1/t12-,14?,17-;/m0./s1. The molecule has 1 unspecified atom stereocenters. The van der Waals surface area contributed by atoms with Crippen molar-refractivity contribution in [2.75, 3.05) is 12.4 Å². The summed E-state index contributed by atoms with van der Waals surface area (Å²) in [7, 11) is -4.18. The monoisotopic (exact) mass is 492 g/mol. The molecule has 1 aromatic carbocycles. The first kappa shape index (κ1) is 26.4. The fraction of sp³-hybridized carbons (Fsp3) is 0.333. The minimum Gasteiger partial charge on any atom is -0.543 e. The number of amides is 2. The molecule has 0 spiro atoms. The minimum absolute atomic E-state index is 0. The maximum atomic E-state index is 12.7. The van der Waals surface area contributed by atoms with Gasteiger partial charge in [-0.3, -0.25) is 19.3 Å². The number of ether oxygens (including phenoxy) is 1. The van der Waals surface area contributed by atoms with Crippen LogP contribution in [0, 0.1) is 0 Å². The average molecular weight is 493 g/mol. The maximum Gasteiger partial charge on any atom is 1.00 e. The number of carbonyl (C=O) groups is 4. The van der Waals surface area contributed by atoms with E-state index in [1.165, 1.54) is 24.3 Å². The summed E-state index contributed by atoms with van der Waals surface area (Å²) in [4.78, 5) is 47.9. The zero-order chi connectivity index (χ0) is 23.1. The summed E-state index contributed by atoms with van der Waals surface area (Å²) in [6, 6.07) is 3.31. The van der Waals surface area contributed by atoms with Gasteiger partial charge in [0.15, 0.2) is 21.3 Å². The van der Waals surface area contributed by atoms with Gasteiger partial charge in [-0.15, -0.1) is 0 Å². The molecular weight excluding hydrogens is 475 g/mol. The number of hydrogen-bond donors (Lipinski definition) is 3. The Labute approximate surface area is 224 Å². The summed E-state index contributed by atoms with van der Waals surface area (Å²) in [6.45, 7) is 0.379. The van der Waals surface area contributed by atoms with Crippen LogP contribution >= 0.6 is 0 Å². The van der Waals surface area contributed by atoms with Gasteiger partial charge in [-0.05, 0) is 17.7 Å². The molecule has 2 aliphatic heterocycles. The van der Waals surface area contributed by atoms with Crippen molar-refractivity contribution in [3.63, 3.8) is 0 Å². The van der Waals surface area contributed by atoms with Crippen molar-refractivity contribution in [2.45, 2.75) is 24.4 Å². The first-order valence-electron chi connectivity index (χ1n) is 8.82. The number of carboxylic acid groups (broad SMARTS) is 1. The zero-order valence-corrected chi connectivity index (χ0v) is 20.9. The van der Waals surface area contributed by atoms with Crippen LogP contribution in [0.5, 0.6) is 5.75 Å². The number of rotatable bonds is 6. The molecule has 2 amide bonds. The molecule has 14 heteroatoms. The Bertz CT molecular complexity index is 1100. The van der Waals surface area contributed by atoms with Crippen molar-refractivity contribution in [2.24, 2.45) is 0 Å². The second kappa shape index (κ2) is 9.99. The predicted octanol–water partition coefficient (Wildman–Crippen LogP) is -5.92. The molecule has 0 bridgehead atoms. The molecule has 3 rings (SSSR count). The maximum absolute atomic E-state index is 12.7. The molecule has 1 fully saturated rings. The van der Waals surface area contributed by atoms with Crippen LogP contribution in [0.15, 0.2) is 35.5 Å². The number of esters is 1. The van der Waals surface area contributed by atoms with Crippen LogP contribution in [0.3, 0.4) is 0 Å². The normalized spacial score (nSPS) is 22.1. The minimum atomic E-state index is -4.18. The Morgan fingerprint density at radius 2 is 1.88 bits per heavy atom. The molecule has 3 atom stereocenters. The Kier molecular flexibility index (Phi) is 8.25. The SMILES string of the molecule is CC(=O)OCC1=C(C(=O)[O-])N2C(=O)[C@H](NC(=O)C(O)c3ccc(O)cc3)[C@@H]2S(=O)(=O)C1.[K+]. The van der Waals surface area contributed by atoms with E-state index >= 15 is 0 Å². The molecular formula is C18H17KN2O10S. The number of carboxylic acids is 1. The summed E-state index contributed by atoms with van der Waals surface area (Å²) < 4.78 is 30.0. The number of aliphatic hydroxyl groups is 1. The summed E-state index contributed by atoms with van der Waals surface area (Å²) >= 11 is 0. The number of aromatic hydroxyl groups is 1. The van der Waals surface area contributed by atoms with E-state index in [0.29, 0.717) is 4.90 Å². The molecule has 1 saturated heterocycles. The van der Waals surface area contributed by atoms with Crippen LogP contribution in [0.25, 0.3) is 0 Å². The molecule has 166 valence electrons. The fourth-order valence-electron chi connectivity index (χ4n) is 3.35. The van der Waals surface area contributed by atoms with E-state index in [4.69, 9.17) is 0 Å². The van der Waals surface area contributed by atoms with E-state index < -0.39 is 69.2 Å². The summed E-state index contributed by atoms with van der Waals surface area (Å²) in [5, 5.41) is 31.4. The molecule has 12 nitrogen and oxygen atoms in total. The number of aliphatic carboxylic acids is 1. The second-order valence-corrected chi connectivity index (χ2v) is 9.00. The first-order valence-corrected chi connectivity index (χ1v) is 10.5. The summed E-state index contributed by atoms with van der Waals surface area (Å²) in [5.74, 6) is -5.70. The van der Waals surface area contributed by atoms with Crippen LogP contribution in [0.1, 0.15) is 18.6 Å². The number of phenols is 1. The van der Waals surface area contributed by atoms with E-state index in [9.17, 15) is 42.9 Å². The van der Waals surface area contributed by atoms with Crippen molar-refractivity contribution >= 4 is 33.6 Å². The van der Waals surface area contributed by atoms with Crippen LogP contribution in [0.2, 0.25) is 0 Å². The van der Waals surface area contributed by atoms with Gasteiger partial charge in [0.2, 0.25) is 0 Å².